The van der Waals surface area contributed by atoms with Crippen molar-refractivity contribution in [1.29, 1.82) is 0 Å². The average molecular weight is 393 g/mol. The summed E-state index contributed by atoms with van der Waals surface area (Å²) < 4.78 is 20.4. The Labute approximate surface area is 173 Å². The molecule has 0 unspecified atom stereocenters. The molecule has 3 rings (SSSR count). The molecule has 0 bridgehead atoms. The van der Waals surface area contributed by atoms with Gasteiger partial charge in [0.2, 0.25) is 0 Å². The number of hydrogen-bond donors (Lipinski definition) is 0. The first kappa shape index (κ1) is 21.0. The number of carbonyl (C=O) groups excluding carboxylic acids is 1. The third-order valence-electron chi connectivity index (χ3n) is 5.93. The smallest absolute Gasteiger partial charge is 0.338 e. The van der Waals surface area contributed by atoms with E-state index in [1.165, 1.54) is 0 Å². The Morgan fingerprint density at radius 3 is 2.38 bits per heavy atom. The molecule has 152 valence electrons. The Hall–Kier alpha value is -2.68. The van der Waals surface area contributed by atoms with Gasteiger partial charge >= 0.3 is 5.97 Å². The van der Waals surface area contributed by atoms with Gasteiger partial charge in [0.25, 0.3) is 0 Å². The van der Waals surface area contributed by atoms with Crippen LogP contribution in [0.1, 0.15) is 56.1 Å². The molecule has 0 aromatic heterocycles. The van der Waals surface area contributed by atoms with Crippen LogP contribution in [0.15, 0.2) is 61.2 Å². The molecule has 0 heterocycles. The second-order valence-corrected chi connectivity index (χ2v) is 8.08. The van der Waals surface area contributed by atoms with E-state index < -0.39 is 5.97 Å². The maximum atomic E-state index is 15.2. The van der Waals surface area contributed by atoms with Crippen molar-refractivity contribution in [2.45, 2.75) is 51.9 Å². The molecule has 2 aromatic carbocycles. The van der Waals surface area contributed by atoms with Crippen molar-refractivity contribution in [2.24, 2.45) is 5.92 Å². The Bertz CT molecular complexity index is 903. The van der Waals surface area contributed by atoms with Gasteiger partial charge in [-0.1, -0.05) is 36.9 Å². The van der Waals surface area contributed by atoms with Gasteiger partial charge in [-0.3, -0.25) is 0 Å². The third kappa shape index (κ3) is 4.84. The van der Waals surface area contributed by atoms with E-state index >= 15 is 4.39 Å². The lowest BCUT2D eigenvalue weighted by Crippen LogP contribution is -2.14. The molecule has 1 aliphatic carbocycles. The highest BCUT2D eigenvalue weighted by molar-refractivity contribution is 5.88. The van der Waals surface area contributed by atoms with E-state index in [9.17, 15) is 4.79 Å². The SMILES string of the molecule is C=CCC1CCC(c2ccc(-c3ccc(OC(=O)C(=C)C)cc3)c(C)c2F)CC1. The normalized spacial score (nSPS) is 18.9. The van der Waals surface area contributed by atoms with Crippen molar-refractivity contribution in [3.05, 3.63) is 78.1 Å². The number of benzene rings is 2. The number of allylic oxidation sites excluding steroid dienone is 1. The summed E-state index contributed by atoms with van der Waals surface area (Å²) in [6.45, 7) is 10.9. The van der Waals surface area contributed by atoms with Crippen molar-refractivity contribution in [2.75, 3.05) is 0 Å². The second kappa shape index (κ2) is 9.21. The lowest BCUT2D eigenvalue weighted by atomic mass is 9.77. The van der Waals surface area contributed by atoms with Crippen molar-refractivity contribution >= 4 is 5.97 Å². The second-order valence-electron chi connectivity index (χ2n) is 8.08. The molecule has 29 heavy (non-hydrogen) atoms. The number of rotatable bonds is 6. The highest BCUT2D eigenvalue weighted by Gasteiger charge is 2.25. The number of halogens is 1. The summed E-state index contributed by atoms with van der Waals surface area (Å²) in [6, 6.07) is 11.1. The molecular formula is C26H29FO2. The molecule has 2 aromatic rings. The zero-order valence-electron chi connectivity index (χ0n) is 17.3. The fraction of sp³-hybridized carbons (Fsp3) is 0.346. The maximum Gasteiger partial charge on any atom is 0.338 e. The fourth-order valence-electron chi connectivity index (χ4n) is 4.18. The van der Waals surface area contributed by atoms with Gasteiger partial charge in [-0.15, -0.1) is 6.58 Å². The van der Waals surface area contributed by atoms with Crippen LogP contribution in [0, 0.1) is 18.7 Å². The molecule has 1 saturated carbocycles. The van der Waals surface area contributed by atoms with Crippen molar-refractivity contribution in [1.82, 2.24) is 0 Å². The van der Waals surface area contributed by atoms with Gasteiger partial charge in [-0.2, -0.15) is 0 Å². The van der Waals surface area contributed by atoms with Gasteiger partial charge < -0.3 is 4.74 Å². The standard InChI is InChI=1S/C26H29FO2/c1-5-6-19-7-9-21(10-8-19)24-16-15-23(18(4)25(24)27)20-11-13-22(14-12-20)29-26(28)17(2)3/h5,11-16,19,21H,1-2,6-10H2,3-4H3. The van der Waals surface area contributed by atoms with Gasteiger partial charge in [-0.05, 0) is 92.2 Å². The van der Waals surface area contributed by atoms with Gasteiger partial charge in [-0.25, -0.2) is 9.18 Å². The summed E-state index contributed by atoms with van der Waals surface area (Å²) in [7, 11) is 0. The first-order chi connectivity index (χ1) is 13.9. The van der Waals surface area contributed by atoms with E-state index in [2.05, 4.69) is 13.2 Å². The molecule has 3 heteroatoms. The van der Waals surface area contributed by atoms with E-state index in [-0.39, 0.29) is 5.82 Å². The van der Waals surface area contributed by atoms with Crippen molar-refractivity contribution < 1.29 is 13.9 Å². The van der Waals surface area contributed by atoms with E-state index in [4.69, 9.17) is 4.74 Å². The Morgan fingerprint density at radius 1 is 1.14 bits per heavy atom. The Kier molecular flexibility index (Phi) is 6.68. The molecule has 0 saturated heterocycles. The summed E-state index contributed by atoms with van der Waals surface area (Å²) >= 11 is 0. The molecular weight excluding hydrogens is 363 g/mol. The summed E-state index contributed by atoms with van der Waals surface area (Å²) in [6.07, 6.45) is 7.41. The van der Waals surface area contributed by atoms with Crippen LogP contribution >= 0.6 is 0 Å². The summed E-state index contributed by atoms with van der Waals surface area (Å²) in [4.78, 5) is 11.6. The lowest BCUT2D eigenvalue weighted by molar-refractivity contribution is -0.130. The van der Waals surface area contributed by atoms with Crippen molar-refractivity contribution in [3.63, 3.8) is 0 Å². The van der Waals surface area contributed by atoms with Crippen LogP contribution in [0.4, 0.5) is 4.39 Å². The topological polar surface area (TPSA) is 26.3 Å². The van der Waals surface area contributed by atoms with Crippen LogP contribution in [-0.2, 0) is 4.79 Å². The van der Waals surface area contributed by atoms with Crippen molar-refractivity contribution in [3.8, 4) is 16.9 Å². The number of hydrogen-bond acceptors (Lipinski definition) is 2. The number of ether oxygens (including phenoxy) is 1. The molecule has 0 aliphatic heterocycles. The molecule has 0 spiro atoms. The van der Waals surface area contributed by atoms with Crippen LogP contribution in [0.3, 0.4) is 0 Å². The van der Waals surface area contributed by atoms with Gasteiger partial charge in [0.1, 0.15) is 11.6 Å². The van der Waals surface area contributed by atoms with Gasteiger partial charge in [0.15, 0.2) is 0 Å². The largest absolute Gasteiger partial charge is 0.423 e. The minimum atomic E-state index is -0.452. The molecule has 1 aliphatic rings. The molecule has 2 nitrogen and oxygen atoms in total. The van der Waals surface area contributed by atoms with E-state index in [1.54, 1.807) is 19.1 Å². The minimum Gasteiger partial charge on any atom is -0.423 e. The number of carbonyl (C=O) groups is 1. The number of esters is 1. The molecule has 0 N–H and O–H groups in total. The molecule has 0 amide bonds. The minimum absolute atomic E-state index is 0.0903. The highest BCUT2D eigenvalue weighted by atomic mass is 19.1. The van der Waals surface area contributed by atoms with E-state index in [0.717, 1.165) is 48.8 Å². The fourth-order valence-corrected chi connectivity index (χ4v) is 4.18. The predicted molar refractivity (Wildman–Crippen MR) is 117 cm³/mol. The van der Waals surface area contributed by atoms with E-state index in [1.807, 2.05) is 37.3 Å². The van der Waals surface area contributed by atoms with Crippen LogP contribution in [0.5, 0.6) is 5.75 Å². The molecule has 0 atom stereocenters. The zero-order chi connectivity index (χ0) is 21.0. The maximum absolute atomic E-state index is 15.2. The molecule has 0 radical (unpaired) electrons. The van der Waals surface area contributed by atoms with Crippen LogP contribution in [0.2, 0.25) is 0 Å². The summed E-state index contributed by atoms with van der Waals surface area (Å²) in [5, 5.41) is 0. The third-order valence-corrected chi connectivity index (χ3v) is 5.93. The van der Waals surface area contributed by atoms with Gasteiger partial charge in [0, 0.05) is 5.57 Å². The zero-order valence-corrected chi connectivity index (χ0v) is 17.3. The molecule has 1 fully saturated rings. The Balaban J connectivity index is 1.77. The quantitative estimate of drug-likeness (QED) is 0.226. The van der Waals surface area contributed by atoms with Crippen LogP contribution < -0.4 is 4.74 Å². The first-order valence-corrected chi connectivity index (χ1v) is 10.3. The van der Waals surface area contributed by atoms with Gasteiger partial charge in [0.05, 0.1) is 0 Å². The van der Waals surface area contributed by atoms with E-state index in [0.29, 0.717) is 28.7 Å². The lowest BCUT2D eigenvalue weighted by Gasteiger charge is -2.29. The van der Waals surface area contributed by atoms with Crippen LogP contribution in [0.25, 0.3) is 11.1 Å². The summed E-state index contributed by atoms with van der Waals surface area (Å²) in [5.41, 5.74) is 3.63. The highest BCUT2D eigenvalue weighted by Crippen LogP contribution is 2.40. The summed E-state index contributed by atoms with van der Waals surface area (Å²) in [5.74, 6) is 0.907. The first-order valence-electron chi connectivity index (χ1n) is 10.3. The monoisotopic (exact) mass is 392 g/mol. The Morgan fingerprint density at radius 2 is 1.79 bits per heavy atom. The average Bonchev–Trinajstić information content (AvgIpc) is 2.72. The predicted octanol–water partition coefficient (Wildman–Crippen LogP) is 7.13. The van der Waals surface area contributed by atoms with Crippen LogP contribution in [-0.4, -0.2) is 5.97 Å².